The van der Waals surface area contributed by atoms with Crippen molar-refractivity contribution in [3.05, 3.63) is 41.3 Å². The Balaban J connectivity index is 1.45. The molecule has 0 aliphatic carbocycles. The van der Waals surface area contributed by atoms with Gasteiger partial charge in [0.1, 0.15) is 5.82 Å². The first kappa shape index (κ1) is 17.1. The van der Waals surface area contributed by atoms with Crippen molar-refractivity contribution in [1.82, 2.24) is 19.7 Å². The minimum atomic E-state index is 0.141. The summed E-state index contributed by atoms with van der Waals surface area (Å²) < 4.78 is 2.05. The molecule has 2 aromatic rings. The maximum absolute atomic E-state index is 13.2. The van der Waals surface area contributed by atoms with Crippen molar-refractivity contribution in [1.29, 1.82) is 0 Å². The Morgan fingerprint density at radius 3 is 2.73 bits per heavy atom. The predicted octanol–water partition coefficient (Wildman–Crippen LogP) is 2.66. The Kier molecular flexibility index (Phi) is 4.66. The zero-order valence-electron chi connectivity index (χ0n) is 15.7. The van der Waals surface area contributed by atoms with Crippen LogP contribution in [-0.2, 0) is 13.0 Å². The van der Waals surface area contributed by atoms with Gasteiger partial charge in [0, 0.05) is 38.9 Å². The van der Waals surface area contributed by atoms with Gasteiger partial charge in [0.05, 0.1) is 17.0 Å². The summed E-state index contributed by atoms with van der Waals surface area (Å²) in [4.78, 5) is 21.9. The number of pyridine rings is 1. The van der Waals surface area contributed by atoms with E-state index >= 15 is 0 Å². The number of aryl methyl sites for hydroxylation is 2. The van der Waals surface area contributed by atoms with E-state index in [2.05, 4.69) is 21.0 Å². The maximum Gasteiger partial charge on any atom is 0.257 e. The third-order valence-corrected chi connectivity index (χ3v) is 5.79. The van der Waals surface area contributed by atoms with Crippen LogP contribution in [0.1, 0.15) is 47.4 Å². The molecule has 0 spiro atoms. The molecule has 6 heteroatoms. The highest BCUT2D eigenvalue weighted by Crippen LogP contribution is 2.26. The van der Waals surface area contributed by atoms with Gasteiger partial charge in [-0.3, -0.25) is 9.48 Å². The molecule has 0 aromatic carbocycles. The third kappa shape index (κ3) is 3.08. The number of anilines is 1. The monoisotopic (exact) mass is 353 g/mol. The van der Waals surface area contributed by atoms with Crippen LogP contribution in [-0.4, -0.2) is 51.8 Å². The number of rotatable bonds is 3. The van der Waals surface area contributed by atoms with Crippen molar-refractivity contribution in [2.24, 2.45) is 0 Å². The molecule has 2 aromatic heterocycles. The van der Waals surface area contributed by atoms with E-state index in [-0.39, 0.29) is 11.9 Å². The second-order valence-corrected chi connectivity index (χ2v) is 7.41. The third-order valence-electron chi connectivity index (χ3n) is 5.79. The molecule has 0 unspecified atom stereocenters. The Bertz CT molecular complexity index is 777. The van der Waals surface area contributed by atoms with Crippen LogP contribution in [0.15, 0.2) is 24.4 Å². The maximum atomic E-state index is 13.2. The molecule has 0 radical (unpaired) electrons. The minimum Gasteiger partial charge on any atom is -0.356 e. The lowest BCUT2D eigenvalue weighted by atomic mass is 10.0. The van der Waals surface area contributed by atoms with Gasteiger partial charge in [0.25, 0.3) is 5.91 Å². The highest BCUT2D eigenvalue weighted by atomic mass is 16.2. The number of aromatic nitrogens is 3. The number of nitrogens with zero attached hydrogens (tertiary/aromatic N) is 5. The van der Waals surface area contributed by atoms with E-state index in [0.29, 0.717) is 0 Å². The standard InChI is InChI=1S/C20H27N5O/c1-15-19(17-7-4-6-12-25(17)22-15)20(26)23(2)16-9-13-24(14-10-16)18-8-3-5-11-21-18/h3,5,8,11,16H,4,6-7,9-10,12-14H2,1-2H3. The summed E-state index contributed by atoms with van der Waals surface area (Å²) >= 11 is 0. The Hall–Kier alpha value is -2.37. The second kappa shape index (κ2) is 7.09. The van der Waals surface area contributed by atoms with E-state index in [0.717, 1.165) is 74.5 Å². The second-order valence-electron chi connectivity index (χ2n) is 7.41. The van der Waals surface area contributed by atoms with E-state index < -0.39 is 0 Å². The van der Waals surface area contributed by atoms with Crippen LogP contribution in [0.4, 0.5) is 5.82 Å². The number of amides is 1. The quantitative estimate of drug-likeness (QED) is 0.851. The molecule has 1 amide bonds. The van der Waals surface area contributed by atoms with Crippen molar-refractivity contribution in [3.8, 4) is 0 Å². The van der Waals surface area contributed by atoms with Gasteiger partial charge < -0.3 is 9.80 Å². The summed E-state index contributed by atoms with van der Waals surface area (Å²) in [5, 5.41) is 4.60. The van der Waals surface area contributed by atoms with Gasteiger partial charge >= 0.3 is 0 Å². The van der Waals surface area contributed by atoms with Crippen LogP contribution >= 0.6 is 0 Å². The van der Waals surface area contributed by atoms with Crippen molar-refractivity contribution >= 4 is 11.7 Å². The van der Waals surface area contributed by atoms with Crippen LogP contribution in [0.5, 0.6) is 0 Å². The zero-order valence-corrected chi connectivity index (χ0v) is 15.7. The lowest BCUT2D eigenvalue weighted by Gasteiger charge is -2.37. The van der Waals surface area contributed by atoms with Crippen LogP contribution in [0.2, 0.25) is 0 Å². The number of carbonyl (C=O) groups is 1. The van der Waals surface area contributed by atoms with Gasteiger partial charge in [-0.1, -0.05) is 6.07 Å². The summed E-state index contributed by atoms with van der Waals surface area (Å²) in [6, 6.07) is 6.30. The van der Waals surface area contributed by atoms with Crippen molar-refractivity contribution in [3.63, 3.8) is 0 Å². The number of hydrogen-bond donors (Lipinski definition) is 0. The van der Waals surface area contributed by atoms with Crippen LogP contribution < -0.4 is 4.90 Å². The molecular weight excluding hydrogens is 326 g/mol. The Morgan fingerprint density at radius 2 is 2.00 bits per heavy atom. The van der Waals surface area contributed by atoms with Crippen LogP contribution in [0.25, 0.3) is 0 Å². The first-order valence-corrected chi connectivity index (χ1v) is 9.64. The Morgan fingerprint density at radius 1 is 1.19 bits per heavy atom. The van der Waals surface area contributed by atoms with E-state index in [1.54, 1.807) is 0 Å². The van der Waals surface area contributed by atoms with E-state index in [1.165, 1.54) is 0 Å². The minimum absolute atomic E-state index is 0.141. The molecule has 1 saturated heterocycles. The molecule has 6 nitrogen and oxygen atoms in total. The number of carbonyl (C=O) groups excluding carboxylic acids is 1. The summed E-state index contributed by atoms with van der Waals surface area (Å²) in [6.07, 6.45) is 7.06. The molecule has 138 valence electrons. The van der Waals surface area contributed by atoms with E-state index in [1.807, 2.05) is 41.9 Å². The number of hydrogen-bond acceptors (Lipinski definition) is 4. The first-order valence-electron chi connectivity index (χ1n) is 9.64. The van der Waals surface area contributed by atoms with Crippen molar-refractivity contribution in [2.45, 2.75) is 51.6 Å². The summed E-state index contributed by atoms with van der Waals surface area (Å²) in [6.45, 7) is 4.78. The highest BCUT2D eigenvalue weighted by molar-refractivity contribution is 5.96. The molecular formula is C20H27N5O. The molecule has 0 N–H and O–H groups in total. The average Bonchev–Trinajstić information content (AvgIpc) is 3.03. The fraction of sp³-hybridized carbons (Fsp3) is 0.550. The Labute approximate surface area is 154 Å². The normalized spacial score (nSPS) is 17.8. The van der Waals surface area contributed by atoms with Gasteiger partial charge in [-0.05, 0) is 51.2 Å². The molecule has 0 atom stereocenters. The summed E-state index contributed by atoms with van der Waals surface area (Å²) in [5.41, 5.74) is 2.86. The predicted molar refractivity (Wildman–Crippen MR) is 101 cm³/mol. The van der Waals surface area contributed by atoms with Crippen LogP contribution in [0.3, 0.4) is 0 Å². The highest BCUT2D eigenvalue weighted by Gasteiger charge is 2.30. The lowest BCUT2D eigenvalue weighted by molar-refractivity contribution is 0.0707. The fourth-order valence-electron chi connectivity index (χ4n) is 4.27. The molecule has 26 heavy (non-hydrogen) atoms. The summed E-state index contributed by atoms with van der Waals surface area (Å²) in [7, 11) is 1.95. The largest absolute Gasteiger partial charge is 0.356 e. The molecule has 0 saturated carbocycles. The van der Waals surface area contributed by atoms with Gasteiger partial charge in [-0.25, -0.2) is 4.98 Å². The molecule has 2 aliphatic rings. The molecule has 4 heterocycles. The van der Waals surface area contributed by atoms with Crippen molar-refractivity contribution in [2.75, 3.05) is 25.0 Å². The molecule has 1 fully saturated rings. The van der Waals surface area contributed by atoms with Gasteiger partial charge in [-0.15, -0.1) is 0 Å². The number of fused-ring (bicyclic) bond motifs is 1. The molecule has 0 bridgehead atoms. The van der Waals surface area contributed by atoms with Gasteiger partial charge in [0.15, 0.2) is 0 Å². The smallest absolute Gasteiger partial charge is 0.257 e. The topological polar surface area (TPSA) is 54.3 Å². The SMILES string of the molecule is Cc1nn2c(c1C(=O)N(C)C1CCN(c3ccccn3)CC1)CCCC2. The van der Waals surface area contributed by atoms with Crippen LogP contribution in [0, 0.1) is 6.92 Å². The van der Waals surface area contributed by atoms with E-state index in [4.69, 9.17) is 0 Å². The van der Waals surface area contributed by atoms with Gasteiger partial charge in [0.2, 0.25) is 0 Å². The lowest BCUT2D eigenvalue weighted by Crippen LogP contribution is -2.46. The first-order chi connectivity index (χ1) is 12.6. The van der Waals surface area contributed by atoms with E-state index in [9.17, 15) is 4.79 Å². The van der Waals surface area contributed by atoms with Gasteiger partial charge in [-0.2, -0.15) is 5.10 Å². The fourth-order valence-corrected chi connectivity index (χ4v) is 4.27. The number of piperidine rings is 1. The molecule has 2 aliphatic heterocycles. The molecule has 4 rings (SSSR count). The zero-order chi connectivity index (χ0) is 18.1. The van der Waals surface area contributed by atoms with Crippen molar-refractivity contribution < 1.29 is 4.79 Å². The average molecular weight is 353 g/mol. The summed E-state index contributed by atoms with van der Waals surface area (Å²) in [5.74, 6) is 1.17.